The first kappa shape index (κ1) is 24.3. The van der Waals surface area contributed by atoms with Crippen molar-refractivity contribution in [2.24, 2.45) is 5.11 Å². The number of fused-ring (bicyclic) bond motifs is 1. The van der Waals surface area contributed by atoms with E-state index in [4.69, 9.17) is 15.0 Å². The van der Waals surface area contributed by atoms with Crippen molar-refractivity contribution in [3.05, 3.63) is 30.5 Å². The predicted molar refractivity (Wildman–Crippen MR) is 127 cm³/mol. The summed E-state index contributed by atoms with van der Waals surface area (Å²) in [4.78, 5) is 6.57. The summed E-state index contributed by atoms with van der Waals surface area (Å²) in [6, 6.07) is 6.26. The zero-order valence-electron chi connectivity index (χ0n) is 19.8. The molecule has 36 heavy (non-hydrogen) atoms. The van der Waals surface area contributed by atoms with E-state index in [0.717, 1.165) is 0 Å². The van der Waals surface area contributed by atoms with Gasteiger partial charge < -0.3 is 20.1 Å². The molecule has 5 rings (SSSR count). The summed E-state index contributed by atoms with van der Waals surface area (Å²) in [5.74, 6) is 0.502. The van der Waals surface area contributed by atoms with E-state index >= 15 is 0 Å². The molecule has 2 fully saturated rings. The number of hydrogen-bond donors (Lipinski definition) is 3. The highest BCUT2D eigenvalue weighted by molar-refractivity contribution is 5.87. The maximum atomic E-state index is 14.8. The molecule has 1 aromatic carbocycles. The van der Waals surface area contributed by atoms with Crippen LogP contribution in [0, 0.1) is 5.53 Å². The lowest BCUT2D eigenvalue weighted by Crippen LogP contribution is -2.59. The molecular formula is C23H27F3N8O2. The third-order valence-electron chi connectivity index (χ3n) is 6.70. The third kappa shape index (κ3) is 4.44. The summed E-state index contributed by atoms with van der Waals surface area (Å²) in [7, 11) is 1.48. The second-order valence-corrected chi connectivity index (χ2v) is 9.24. The van der Waals surface area contributed by atoms with Crippen LogP contribution in [-0.2, 0) is 4.74 Å². The lowest BCUT2D eigenvalue weighted by atomic mass is 9.99. The topological polar surface area (TPSA) is 112 Å². The Morgan fingerprint density at radius 3 is 2.78 bits per heavy atom. The lowest BCUT2D eigenvalue weighted by Gasteiger charge is -2.45. The molecule has 2 atom stereocenters. The number of anilines is 2. The summed E-state index contributed by atoms with van der Waals surface area (Å²) in [6.45, 7) is 3.49. The van der Waals surface area contributed by atoms with Gasteiger partial charge in [0.1, 0.15) is 17.4 Å². The lowest BCUT2D eigenvalue weighted by molar-refractivity contribution is -0.124. The molecular weight excluding hydrogens is 477 g/mol. The molecule has 13 heteroatoms. The second-order valence-electron chi connectivity index (χ2n) is 9.24. The van der Waals surface area contributed by atoms with Gasteiger partial charge in [0, 0.05) is 24.8 Å². The molecule has 0 spiro atoms. The fraction of sp³-hybridized carbons (Fsp3) is 0.478. The monoisotopic (exact) mass is 504 g/mol. The minimum Gasteiger partial charge on any atom is -0.479 e. The molecule has 2 aromatic heterocycles. The van der Waals surface area contributed by atoms with Crippen LogP contribution in [0.25, 0.3) is 16.6 Å². The van der Waals surface area contributed by atoms with E-state index < -0.39 is 25.2 Å². The van der Waals surface area contributed by atoms with Crippen LogP contribution in [0.1, 0.15) is 6.92 Å². The van der Waals surface area contributed by atoms with E-state index in [-0.39, 0.29) is 23.1 Å². The second kappa shape index (κ2) is 9.54. The van der Waals surface area contributed by atoms with Gasteiger partial charge in [-0.25, -0.2) is 23.2 Å². The van der Waals surface area contributed by atoms with Gasteiger partial charge in [0.15, 0.2) is 0 Å². The van der Waals surface area contributed by atoms with E-state index in [2.05, 4.69) is 37.7 Å². The maximum Gasteiger partial charge on any atom is 0.255 e. The zero-order chi connectivity index (χ0) is 25.4. The predicted octanol–water partition coefficient (Wildman–Crippen LogP) is 3.97. The number of hydrogen-bond acceptors (Lipinski definition) is 9. The molecule has 0 radical (unpaired) electrons. The molecule has 2 saturated heterocycles. The largest absolute Gasteiger partial charge is 0.479 e. The van der Waals surface area contributed by atoms with E-state index in [1.807, 2.05) is 0 Å². The summed E-state index contributed by atoms with van der Waals surface area (Å²) < 4.78 is 52.7. The van der Waals surface area contributed by atoms with Gasteiger partial charge in [0.05, 0.1) is 44.1 Å². The number of likely N-dealkylation sites (tertiary alicyclic amines) is 1. The average molecular weight is 505 g/mol. The van der Waals surface area contributed by atoms with Crippen LogP contribution in [0.15, 0.2) is 35.6 Å². The van der Waals surface area contributed by atoms with Crippen LogP contribution in [0.5, 0.6) is 5.88 Å². The fourth-order valence-electron chi connectivity index (χ4n) is 4.65. The van der Waals surface area contributed by atoms with Crippen molar-refractivity contribution in [3.8, 4) is 17.0 Å². The van der Waals surface area contributed by atoms with Crippen molar-refractivity contribution in [1.82, 2.24) is 19.5 Å². The number of ether oxygens (including phenoxy) is 2. The standard InChI is InChI=1S/C23H27F3N8O2/c1-23(11-36-12-23)33-9-15(24)18(10-33)29-22-30-21(35-2)20-14(5-6-34(20)32-22)13-3-4-16(31-27)17(7-13)28-8-19(25)26/h3-7,15,18-19,27-28H,8-12H2,1-2H3,(H,29,32)/t15-,18+/m1/s1. The highest BCUT2D eigenvalue weighted by Crippen LogP contribution is 2.36. The number of alkyl halides is 3. The Bertz CT molecular complexity index is 1270. The Balaban J connectivity index is 1.43. The average Bonchev–Trinajstić information content (AvgIpc) is 3.44. The first-order valence-corrected chi connectivity index (χ1v) is 11.5. The smallest absolute Gasteiger partial charge is 0.255 e. The Labute approximate surface area is 205 Å². The molecule has 0 unspecified atom stereocenters. The normalized spacial score (nSPS) is 21.5. The first-order chi connectivity index (χ1) is 17.3. The van der Waals surface area contributed by atoms with Crippen molar-refractivity contribution >= 4 is 22.8 Å². The summed E-state index contributed by atoms with van der Waals surface area (Å²) >= 11 is 0. The van der Waals surface area contributed by atoms with E-state index in [0.29, 0.717) is 48.6 Å². The van der Waals surface area contributed by atoms with Crippen molar-refractivity contribution in [1.29, 1.82) is 5.53 Å². The van der Waals surface area contributed by atoms with Crippen LogP contribution in [0.4, 0.5) is 30.5 Å². The molecule has 0 saturated carbocycles. The first-order valence-electron chi connectivity index (χ1n) is 11.5. The van der Waals surface area contributed by atoms with E-state index in [1.165, 1.54) is 7.11 Å². The summed E-state index contributed by atoms with van der Waals surface area (Å²) in [5, 5.41) is 13.6. The fourth-order valence-corrected chi connectivity index (χ4v) is 4.65. The maximum absolute atomic E-state index is 14.8. The number of nitrogens with one attached hydrogen (secondary N) is 3. The molecule has 4 heterocycles. The highest BCUT2D eigenvalue weighted by atomic mass is 19.3. The Kier molecular flexibility index (Phi) is 6.43. The van der Waals surface area contributed by atoms with Gasteiger partial charge >= 0.3 is 0 Å². The number of rotatable bonds is 9. The van der Waals surface area contributed by atoms with Gasteiger partial charge in [-0.2, -0.15) is 10.1 Å². The van der Waals surface area contributed by atoms with Crippen LogP contribution in [0.2, 0.25) is 0 Å². The van der Waals surface area contributed by atoms with Crippen LogP contribution in [0.3, 0.4) is 0 Å². The number of nitrogens with zero attached hydrogens (tertiary/aromatic N) is 5. The molecule has 0 amide bonds. The molecule has 0 bridgehead atoms. The molecule has 3 N–H and O–H groups in total. The third-order valence-corrected chi connectivity index (χ3v) is 6.70. The van der Waals surface area contributed by atoms with Crippen molar-refractivity contribution < 1.29 is 22.6 Å². The van der Waals surface area contributed by atoms with Gasteiger partial charge in [0.2, 0.25) is 11.8 Å². The molecule has 192 valence electrons. The SMILES string of the molecule is COc1nc(N[C@H]2CN(C3(C)COC3)C[C@H]2F)nn2ccc(-c3ccc(N=N)c(NCC(F)F)c3)c12. The van der Waals surface area contributed by atoms with Gasteiger partial charge in [0.25, 0.3) is 6.43 Å². The molecule has 3 aromatic rings. The van der Waals surface area contributed by atoms with Crippen molar-refractivity contribution in [2.75, 3.05) is 50.6 Å². The Hall–Kier alpha value is -3.45. The minimum atomic E-state index is -2.55. The highest BCUT2D eigenvalue weighted by Gasteiger charge is 2.46. The van der Waals surface area contributed by atoms with Crippen LogP contribution < -0.4 is 15.4 Å². The van der Waals surface area contributed by atoms with Gasteiger partial charge in [-0.1, -0.05) is 6.07 Å². The van der Waals surface area contributed by atoms with E-state index in [1.54, 1.807) is 35.0 Å². The molecule has 0 aliphatic carbocycles. The van der Waals surface area contributed by atoms with E-state index in [9.17, 15) is 13.2 Å². The van der Waals surface area contributed by atoms with Crippen LogP contribution >= 0.6 is 0 Å². The van der Waals surface area contributed by atoms with Crippen molar-refractivity contribution in [3.63, 3.8) is 0 Å². The zero-order valence-corrected chi connectivity index (χ0v) is 19.8. The minimum absolute atomic E-state index is 0.148. The number of benzene rings is 1. The van der Waals surface area contributed by atoms with Crippen LogP contribution in [-0.4, -0.2) is 83.6 Å². The molecule has 2 aliphatic heterocycles. The summed E-state index contributed by atoms with van der Waals surface area (Å²) in [6.07, 6.45) is -1.92. The Morgan fingerprint density at radius 1 is 1.31 bits per heavy atom. The van der Waals surface area contributed by atoms with Gasteiger partial charge in [-0.05, 0) is 30.7 Å². The van der Waals surface area contributed by atoms with Gasteiger partial charge in [-0.3, -0.25) is 4.90 Å². The number of aromatic nitrogens is 3. The van der Waals surface area contributed by atoms with Gasteiger partial charge in [-0.15, -0.1) is 5.10 Å². The quantitative estimate of drug-likeness (QED) is 0.378. The molecule has 10 nitrogen and oxygen atoms in total. The molecule has 2 aliphatic rings. The summed E-state index contributed by atoms with van der Waals surface area (Å²) in [5.41, 5.74) is 9.65. The van der Waals surface area contributed by atoms with Crippen molar-refractivity contribution in [2.45, 2.75) is 31.1 Å². The Morgan fingerprint density at radius 2 is 2.11 bits per heavy atom. The number of methoxy groups -OCH3 is 1. The number of halogens is 3.